The van der Waals surface area contributed by atoms with Gasteiger partial charge >= 0.3 is 0 Å². The standard InChI is InChI=1S/C15H24N2O2/c1-17-10-7-13(8-11-17)16-9-12-19-15-6-4-3-5-14(15)18-2/h3-6,13,16H,7-12H2,1-2H3. The van der Waals surface area contributed by atoms with Crippen molar-refractivity contribution in [2.24, 2.45) is 0 Å². The van der Waals surface area contributed by atoms with Crippen molar-refractivity contribution < 1.29 is 9.47 Å². The van der Waals surface area contributed by atoms with Crippen LogP contribution in [0.2, 0.25) is 0 Å². The summed E-state index contributed by atoms with van der Waals surface area (Å²) in [5, 5.41) is 3.56. The fraction of sp³-hybridized carbons (Fsp3) is 0.600. The molecule has 2 rings (SSSR count). The van der Waals surface area contributed by atoms with Crippen LogP contribution in [-0.4, -0.2) is 51.3 Å². The highest BCUT2D eigenvalue weighted by molar-refractivity contribution is 5.39. The van der Waals surface area contributed by atoms with Crippen LogP contribution in [0.15, 0.2) is 24.3 Å². The molecule has 1 aromatic rings. The van der Waals surface area contributed by atoms with Gasteiger partial charge in [0.05, 0.1) is 7.11 Å². The number of benzene rings is 1. The summed E-state index contributed by atoms with van der Waals surface area (Å²) < 4.78 is 11.0. The van der Waals surface area contributed by atoms with E-state index in [0.717, 1.165) is 18.0 Å². The van der Waals surface area contributed by atoms with E-state index in [9.17, 15) is 0 Å². The van der Waals surface area contributed by atoms with Crippen molar-refractivity contribution >= 4 is 0 Å². The summed E-state index contributed by atoms with van der Waals surface area (Å²) >= 11 is 0. The molecular formula is C15H24N2O2. The zero-order valence-electron chi connectivity index (χ0n) is 11.9. The number of piperidine rings is 1. The van der Waals surface area contributed by atoms with Gasteiger partial charge in [-0.25, -0.2) is 0 Å². The van der Waals surface area contributed by atoms with E-state index in [-0.39, 0.29) is 0 Å². The van der Waals surface area contributed by atoms with Crippen molar-refractivity contribution in [3.8, 4) is 11.5 Å². The lowest BCUT2D eigenvalue weighted by molar-refractivity contribution is 0.223. The van der Waals surface area contributed by atoms with Gasteiger partial charge in [-0.05, 0) is 45.1 Å². The van der Waals surface area contributed by atoms with Crippen molar-refractivity contribution in [3.63, 3.8) is 0 Å². The Hall–Kier alpha value is -1.26. The highest BCUT2D eigenvalue weighted by Gasteiger charge is 2.15. The van der Waals surface area contributed by atoms with Gasteiger partial charge in [0.15, 0.2) is 11.5 Å². The van der Waals surface area contributed by atoms with E-state index >= 15 is 0 Å². The minimum Gasteiger partial charge on any atom is -0.493 e. The molecule has 1 fully saturated rings. The second-order valence-corrected chi connectivity index (χ2v) is 5.03. The van der Waals surface area contributed by atoms with Crippen LogP contribution in [0.1, 0.15) is 12.8 Å². The van der Waals surface area contributed by atoms with Gasteiger partial charge < -0.3 is 19.7 Å². The first-order valence-corrected chi connectivity index (χ1v) is 6.97. The maximum Gasteiger partial charge on any atom is 0.161 e. The van der Waals surface area contributed by atoms with E-state index in [1.807, 2.05) is 24.3 Å². The zero-order chi connectivity index (χ0) is 13.5. The van der Waals surface area contributed by atoms with E-state index in [0.29, 0.717) is 12.6 Å². The molecule has 0 unspecified atom stereocenters. The predicted molar refractivity (Wildman–Crippen MR) is 77.0 cm³/mol. The number of nitrogens with one attached hydrogen (secondary N) is 1. The largest absolute Gasteiger partial charge is 0.493 e. The van der Waals surface area contributed by atoms with Crippen LogP contribution in [0.3, 0.4) is 0 Å². The highest BCUT2D eigenvalue weighted by Crippen LogP contribution is 2.25. The maximum absolute atomic E-state index is 5.74. The lowest BCUT2D eigenvalue weighted by Crippen LogP contribution is -2.42. The van der Waals surface area contributed by atoms with Gasteiger partial charge in [0, 0.05) is 12.6 Å². The third-order valence-electron chi connectivity index (χ3n) is 3.58. The molecule has 0 atom stereocenters. The lowest BCUT2D eigenvalue weighted by atomic mass is 10.1. The number of ether oxygens (including phenoxy) is 2. The molecule has 19 heavy (non-hydrogen) atoms. The molecule has 1 aliphatic rings. The van der Waals surface area contributed by atoms with E-state index in [2.05, 4.69) is 17.3 Å². The number of methoxy groups -OCH3 is 1. The molecule has 0 aliphatic carbocycles. The first-order valence-electron chi connectivity index (χ1n) is 6.97. The van der Waals surface area contributed by atoms with E-state index in [1.165, 1.54) is 25.9 Å². The van der Waals surface area contributed by atoms with Gasteiger partial charge in [0.25, 0.3) is 0 Å². The van der Waals surface area contributed by atoms with Gasteiger partial charge in [-0.3, -0.25) is 0 Å². The van der Waals surface area contributed by atoms with Crippen LogP contribution in [0.4, 0.5) is 0 Å². The Balaban J connectivity index is 1.66. The molecule has 0 aromatic heterocycles. The first kappa shape index (κ1) is 14.2. The van der Waals surface area contributed by atoms with Crippen molar-refractivity contribution in [1.29, 1.82) is 0 Å². The Kier molecular flexibility index (Phi) is 5.48. The second-order valence-electron chi connectivity index (χ2n) is 5.03. The quantitative estimate of drug-likeness (QED) is 0.794. The van der Waals surface area contributed by atoms with E-state index in [1.54, 1.807) is 7.11 Å². The number of hydrogen-bond donors (Lipinski definition) is 1. The van der Waals surface area contributed by atoms with Crippen LogP contribution >= 0.6 is 0 Å². The smallest absolute Gasteiger partial charge is 0.161 e. The van der Waals surface area contributed by atoms with Crippen LogP contribution < -0.4 is 14.8 Å². The summed E-state index contributed by atoms with van der Waals surface area (Å²) in [5.41, 5.74) is 0. The summed E-state index contributed by atoms with van der Waals surface area (Å²) in [5.74, 6) is 1.61. The molecule has 1 heterocycles. The highest BCUT2D eigenvalue weighted by atomic mass is 16.5. The molecule has 0 bridgehead atoms. The molecule has 0 amide bonds. The van der Waals surface area contributed by atoms with Gasteiger partial charge in [0.2, 0.25) is 0 Å². The topological polar surface area (TPSA) is 33.7 Å². The Morgan fingerprint density at radius 2 is 1.89 bits per heavy atom. The molecule has 1 aromatic carbocycles. The Labute approximate surface area is 115 Å². The molecular weight excluding hydrogens is 240 g/mol. The molecule has 0 saturated carbocycles. The van der Waals surface area contributed by atoms with E-state index < -0.39 is 0 Å². The van der Waals surface area contributed by atoms with Crippen molar-refractivity contribution in [1.82, 2.24) is 10.2 Å². The molecule has 1 N–H and O–H groups in total. The summed E-state index contributed by atoms with van der Waals surface area (Å²) in [7, 11) is 3.85. The number of nitrogens with zero attached hydrogens (tertiary/aromatic N) is 1. The summed E-state index contributed by atoms with van der Waals surface area (Å²) in [6, 6.07) is 8.40. The summed E-state index contributed by atoms with van der Waals surface area (Å²) in [4.78, 5) is 2.38. The lowest BCUT2D eigenvalue weighted by Gasteiger charge is -2.29. The average Bonchev–Trinajstić information content (AvgIpc) is 2.46. The minimum atomic E-state index is 0.637. The van der Waals surface area contributed by atoms with Crippen LogP contribution in [0.5, 0.6) is 11.5 Å². The van der Waals surface area contributed by atoms with Crippen molar-refractivity contribution in [3.05, 3.63) is 24.3 Å². The molecule has 0 radical (unpaired) electrons. The van der Waals surface area contributed by atoms with Crippen molar-refractivity contribution in [2.45, 2.75) is 18.9 Å². The van der Waals surface area contributed by atoms with Crippen LogP contribution in [-0.2, 0) is 0 Å². The molecule has 1 saturated heterocycles. The second kappa shape index (κ2) is 7.36. The number of likely N-dealkylation sites (tertiary alicyclic amines) is 1. The average molecular weight is 264 g/mol. The number of para-hydroxylation sites is 2. The molecule has 4 heteroatoms. The molecule has 106 valence electrons. The monoisotopic (exact) mass is 264 g/mol. The Morgan fingerprint density at radius 1 is 1.21 bits per heavy atom. The normalized spacial score (nSPS) is 17.4. The fourth-order valence-electron chi connectivity index (χ4n) is 2.37. The Bertz CT molecular complexity index is 376. The van der Waals surface area contributed by atoms with Gasteiger partial charge in [-0.2, -0.15) is 0 Å². The fourth-order valence-corrected chi connectivity index (χ4v) is 2.37. The van der Waals surface area contributed by atoms with Crippen molar-refractivity contribution in [2.75, 3.05) is 40.4 Å². The molecule has 1 aliphatic heterocycles. The number of rotatable bonds is 6. The maximum atomic E-state index is 5.74. The third kappa shape index (κ3) is 4.40. The first-order chi connectivity index (χ1) is 9.29. The zero-order valence-corrected chi connectivity index (χ0v) is 11.9. The minimum absolute atomic E-state index is 0.637. The summed E-state index contributed by atoms with van der Waals surface area (Å²) in [6.07, 6.45) is 2.45. The summed E-state index contributed by atoms with van der Waals surface area (Å²) in [6.45, 7) is 3.93. The molecule has 4 nitrogen and oxygen atoms in total. The Morgan fingerprint density at radius 3 is 2.58 bits per heavy atom. The van der Waals surface area contributed by atoms with Crippen LogP contribution in [0.25, 0.3) is 0 Å². The SMILES string of the molecule is COc1ccccc1OCCNC1CCN(C)CC1. The van der Waals surface area contributed by atoms with Crippen LogP contribution in [0, 0.1) is 0 Å². The van der Waals surface area contributed by atoms with E-state index in [4.69, 9.17) is 9.47 Å². The van der Waals surface area contributed by atoms with Gasteiger partial charge in [-0.15, -0.1) is 0 Å². The van der Waals surface area contributed by atoms with Gasteiger partial charge in [-0.1, -0.05) is 12.1 Å². The van der Waals surface area contributed by atoms with Gasteiger partial charge in [0.1, 0.15) is 6.61 Å². The number of hydrogen-bond acceptors (Lipinski definition) is 4. The third-order valence-corrected chi connectivity index (χ3v) is 3.58. The predicted octanol–water partition coefficient (Wildman–Crippen LogP) is 1.76. The molecule has 0 spiro atoms.